The highest BCUT2D eigenvalue weighted by Gasteiger charge is 2.06. The summed E-state index contributed by atoms with van der Waals surface area (Å²) in [4.78, 5) is 11.0. The number of aryl methyl sites for hydroxylation is 1. The van der Waals surface area contributed by atoms with E-state index >= 15 is 0 Å². The van der Waals surface area contributed by atoms with Crippen molar-refractivity contribution in [3.05, 3.63) is 89.0 Å². The average molecular weight is 390 g/mol. The Bertz CT molecular complexity index is 1010. The van der Waals surface area contributed by atoms with Gasteiger partial charge in [-0.2, -0.15) is 5.10 Å². The fraction of sp³-hybridized carbons (Fsp3) is 0.130. The molecule has 0 saturated heterocycles. The predicted octanol–water partition coefficient (Wildman–Crippen LogP) is 4.73. The van der Waals surface area contributed by atoms with Gasteiger partial charge in [-0.3, -0.25) is 5.43 Å². The lowest BCUT2D eigenvalue weighted by Crippen LogP contribution is -1.99. The minimum absolute atomic E-state index is 0.196. The lowest BCUT2D eigenvalue weighted by Gasteiger charge is -2.11. The van der Waals surface area contributed by atoms with Crippen LogP contribution in [0.1, 0.15) is 27.0 Å². The second-order valence-electron chi connectivity index (χ2n) is 6.44. The molecule has 0 radical (unpaired) electrons. The molecule has 0 aliphatic carbocycles. The number of hydrogen-bond acceptors (Lipinski definition) is 5. The van der Waals surface area contributed by atoms with Crippen LogP contribution in [0.5, 0.6) is 11.5 Å². The van der Waals surface area contributed by atoms with Gasteiger partial charge in [0, 0.05) is 0 Å². The molecule has 0 saturated carbocycles. The van der Waals surface area contributed by atoms with Crippen LogP contribution in [0.2, 0.25) is 0 Å². The highest BCUT2D eigenvalue weighted by molar-refractivity contribution is 5.89. The van der Waals surface area contributed by atoms with Crippen molar-refractivity contribution in [1.29, 1.82) is 0 Å². The first-order valence-electron chi connectivity index (χ1n) is 9.04. The molecule has 0 atom stereocenters. The molecular formula is C23H22N2O4. The van der Waals surface area contributed by atoms with Gasteiger partial charge in [-0.1, -0.05) is 35.9 Å². The number of carbonyl (C=O) groups is 1. The number of rotatable bonds is 8. The maximum atomic E-state index is 11.0. The van der Waals surface area contributed by atoms with Crippen LogP contribution in [-0.2, 0) is 6.61 Å². The molecule has 29 heavy (non-hydrogen) atoms. The number of nitrogens with one attached hydrogen (secondary N) is 1. The second kappa shape index (κ2) is 9.41. The summed E-state index contributed by atoms with van der Waals surface area (Å²) in [5, 5.41) is 13.2. The maximum Gasteiger partial charge on any atom is 0.335 e. The number of carboxylic acids is 1. The van der Waals surface area contributed by atoms with Gasteiger partial charge in [0.25, 0.3) is 0 Å². The molecule has 0 bridgehead atoms. The van der Waals surface area contributed by atoms with E-state index in [1.807, 2.05) is 49.4 Å². The molecular weight excluding hydrogens is 368 g/mol. The minimum Gasteiger partial charge on any atom is -0.493 e. The summed E-state index contributed by atoms with van der Waals surface area (Å²) in [6, 6.07) is 20.1. The molecule has 0 fully saturated rings. The van der Waals surface area contributed by atoms with Crippen molar-refractivity contribution in [3.63, 3.8) is 0 Å². The van der Waals surface area contributed by atoms with Gasteiger partial charge in [0.1, 0.15) is 6.61 Å². The van der Waals surface area contributed by atoms with Gasteiger partial charge < -0.3 is 14.6 Å². The molecule has 3 aromatic carbocycles. The molecule has 0 amide bonds. The van der Waals surface area contributed by atoms with Gasteiger partial charge in [-0.05, 0) is 54.4 Å². The maximum absolute atomic E-state index is 11.0. The summed E-state index contributed by atoms with van der Waals surface area (Å²) >= 11 is 0. The second-order valence-corrected chi connectivity index (χ2v) is 6.44. The van der Waals surface area contributed by atoms with Crippen molar-refractivity contribution < 1.29 is 19.4 Å². The van der Waals surface area contributed by atoms with Crippen LogP contribution in [0.3, 0.4) is 0 Å². The van der Waals surface area contributed by atoms with Crippen molar-refractivity contribution in [2.45, 2.75) is 13.5 Å². The molecule has 0 heterocycles. The summed E-state index contributed by atoms with van der Waals surface area (Å²) in [5.41, 5.74) is 6.70. The lowest BCUT2D eigenvalue weighted by molar-refractivity contribution is 0.0697. The van der Waals surface area contributed by atoms with Gasteiger partial charge >= 0.3 is 5.97 Å². The first-order valence-corrected chi connectivity index (χ1v) is 9.04. The number of carboxylic acid groups (broad SMARTS) is 1. The van der Waals surface area contributed by atoms with Crippen LogP contribution in [0, 0.1) is 6.92 Å². The van der Waals surface area contributed by atoms with E-state index in [2.05, 4.69) is 10.5 Å². The molecule has 0 spiro atoms. The first-order chi connectivity index (χ1) is 14.0. The van der Waals surface area contributed by atoms with E-state index in [1.165, 1.54) is 17.7 Å². The lowest BCUT2D eigenvalue weighted by atomic mass is 10.1. The molecule has 6 heteroatoms. The Kier molecular flexibility index (Phi) is 6.47. The highest BCUT2D eigenvalue weighted by Crippen LogP contribution is 2.28. The van der Waals surface area contributed by atoms with E-state index in [-0.39, 0.29) is 5.56 Å². The Morgan fingerprint density at radius 2 is 1.86 bits per heavy atom. The summed E-state index contributed by atoms with van der Waals surface area (Å²) in [6.45, 7) is 2.47. The van der Waals surface area contributed by atoms with Crippen LogP contribution in [0.15, 0.2) is 71.8 Å². The largest absolute Gasteiger partial charge is 0.493 e. The monoisotopic (exact) mass is 390 g/mol. The van der Waals surface area contributed by atoms with E-state index in [1.54, 1.807) is 25.5 Å². The SMILES string of the molecule is COc1ccc(/C=N/Nc2cccc(C(=O)O)c2)cc1OCc1ccc(C)cc1. The van der Waals surface area contributed by atoms with Crippen molar-refractivity contribution in [2.75, 3.05) is 12.5 Å². The zero-order chi connectivity index (χ0) is 20.6. The predicted molar refractivity (Wildman–Crippen MR) is 113 cm³/mol. The van der Waals surface area contributed by atoms with Crippen molar-refractivity contribution in [3.8, 4) is 11.5 Å². The summed E-state index contributed by atoms with van der Waals surface area (Å²) in [6.07, 6.45) is 1.63. The first kappa shape index (κ1) is 19.9. The van der Waals surface area contributed by atoms with Gasteiger partial charge in [-0.15, -0.1) is 0 Å². The van der Waals surface area contributed by atoms with Crippen molar-refractivity contribution in [2.24, 2.45) is 5.10 Å². The number of hydrogen-bond donors (Lipinski definition) is 2. The number of anilines is 1. The van der Waals surface area contributed by atoms with E-state index in [9.17, 15) is 4.79 Å². The Labute approximate surface area is 169 Å². The van der Waals surface area contributed by atoms with Gasteiger partial charge in [0.2, 0.25) is 0 Å². The van der Waals surface area contributed by atoms with Crippen LogP contribution < -0.4 is 14.9 Å². The molecule has 2 N–H and O–H groups in total. The van der Waals surface area contributed by atoms with Gasteiger partial charge in [0.15, 0.2) is 11.5 Å². The normalized spacial score (nSPS) is 10.7. The number of benzene rings is 3. The standard InChI is InChI=1S/C23H22N2O4/c1-16-6-8-17(9-7-16)15-29-22-12-18(10-11-21(22)28-2)14-24-25-20-5-3-4-19(13-20)23(26)27/h3-14,25H,15H2,1-2H3,(H,26,27)/b24-14+. The third-order valence-electron chi connectivity index (χ3n) is 4.22. The molecule has 148 valence electrons. The topological polar surface area (TPSA) is 80.2 Å². The van der Waals surface area contributed by atoms with Crippen LogP contribution in [0.25, 0.3) is 0 Å². The minimum atomic E-state index is -0.983. The van der Waals surface area contributed by atoms with Crippen LogP contribution >= 0.6 is 0 Å². The summed E-state index contributed by atoms with van der Waals surface area (Å²) in [7, 11) is 1.60. The third-order valence-corrected chi connectivity index (χ3v) is 4.22. The van der Waals surface area contributed by atoms with E-state index in [0.717, 1.165) is 11.1 Å². The van der Waals surface area contributed by atoms with Crippen molar-refractivity contribution >= 4 is 17.9 Å². The van der Waals surface area contributed by atoms with Crippen molar-refractivity contribution in [1.82, 2.24) is 0 Å². The molecule has 0 aliphatic heterocycles. The molecule has 3 rings (SSSR count). The fourth-order valence-electron chi connectivity index (χ4n) is 2.63. The molecule has 6 nitrogen and oxygen atoms in total. The number of ether oxygens (including phenoxy) is 2. The Morgan fingerprint density at radius 3 is 2.59 bits per heavy atom. The molecule has 0 aliphatic rings. The quantitative estimate of drug-likeness (QED) is 0.429. The summed E-state index contributed by atoms with van der Waals surface area (Å²) in [5.74, 6) is 0.268. The van der Waals surface area contributed by atoms with E-state index < -0.39 is 5.97 Å². The molecule has 0 unspecified atom stereocenters. The van der Waals surface area contributed by atoms with E-state index in [4.69, 9.17) is 14.6 Å². The zero-order valence-electron chi connectivity index (χ0n) is 16.3. The average Bonchev–Trinajstić information content (AvgIpc) is 2.73. The van der Waals surface area contributed by atoms with Crippen LogP contribution in [-0.4, -0.2) is 24.4 Å². The Balaban J connectivity index is 1.69. The fourth-order valence-corrected chi connectivity index (χ4v) is 2.63. The van der Waals surface area contributed by atoms with Crippen LogP contribution in [0.4, 0.5) is 5.69 Å². The number of methoxy groups -OCH3 is 1. The molecule has 0 aromatic heterocycles. The Hall–Kier alpha value is -3.80. The number of nitrogens with zero attached hydrogens (tertiary/aromatic N) is 1. The number of hydrazone groups is 1. The van der Waals surface area contributed by atoms with Gasteiger partial charge in [-0.25, -0.2) is 4.79 Å². The Morgan fingerprint density at radius 1 is 1.07 bits per heavy atom. The van der Waals surface area contributed by atoms with E-state index in [0.29, 0.717) is 23.8 Å². The third kappa shape index (κ3) is 5.59. The number of aromatic carboxylic acids is 1. The zero-order valence-corrected chi connectivity index (χ0v) is 16.3. The molecule has 3 aromatic rings. The van der Waals surface area contributed by atoms with Gasteiger partial charge in [0.05, 0.1) is 24.6 Å². The smallest absolute Gasteiger partial charge is 0.335 e. The highest BCUT2D eigenvalue weighted by atomic mass is 16.5. The summed E-state index contributed by atoms with van der Waals surface area (Å²) < 4.78 is 11.3.